The molecular weight excluding hydrogens is 277 g/mol. The van der Waals surface area contributed by atoms with Gasteiger partial charge in [0, 0.05) is 24.6 Å². The van der Waals surface area contributed by atoms with E-state index in [4.69, 9.17) is 0 Å². The van der Waals surface area contributed by atoms with Gasteiger partial charge in [0.2, 0.25) is 11.0 Å². The average Bonchev–Trinajstić information content (AvgIpc) is 2.86. The molecule has 0 radical (unpaired) electrons. The van der Waals surface area contributed by atoms with Gasteiger partial charge in [-0.25, -0.2) is 0 Å². The van der Waals surface area contributed by atoms with Crippen LogP contribution >= 0.6 is 11.5 Å². The molecule has 0 aliphatic carbocycles. The van der Waals surface area contributed by atoms with Crippen LogP contribution in [0.4, 0.5) is 18.3 Å². The van der Waals surface area contributed by atoms with E-state index in [2.05, 4.69) is 14.7 Å². The summed E-state index contributed by atoms with van der Waals surface area (Å²) in [5, 5.41) is 3.51. The van der Waals surface area contributed by atoms with E-state index in [0.29, 0.717) is 11.0 Å². The van der Waals surface area contributed by atoms with Crippen LogP contribution in [0.2, 0.25) is 0 Å². The van der Waals surface area contributed by atoms with E-state index in [0.717, 1.165) is 50.4 Å². The maximum atomic E-state index is 12.4. The number of halogens is 3. The molecule has 19 heavy (non-hydrogen) atoms. The number of piperidine rings is 1. The molecule has 1 aliphatic heterocycles. The lowest BCUT2D eigenvalue weighted by Gasteiger charge is -2.31. The van der Waals surface area contributed by atoms with Gasteiger partial charge < -0.3 is 10.2 Å². The highest BCUT2D eigenvalue weighted by Gasteiger charge is 2.36. The predicted octanol–water partition coefficient (Wildman–Crippen LogP) is 2.38. The summed E-state index contributed by atoms with van der Waals surface area (Å²) >= 11 is 0.834. The average molecular weight is 294 g/mol. The summed E-state index contributed by atoms with van der Waals surface area (Å²) < 4.78 is 40.7. The quantitative estimate of drug-likeness (QED) is 0.925. The molecule has 0 spiro atoms. The van der Waals surface area contributed by atoms with Crippen LogP contribution in [0.3, 0.4) is 0 Å². The standard InChI is InChI=1S/C11H17F3N4S/c1-15-5-2-8-3-6-18(7-4-8)10-16-9(17-19-10)11(12,13)14/h8,15H,2-7H2,1H3. The largest absolute Gasteiger partial charge is 0.452 e. The minimum atomic E-state index is -4.44. The fourth-order valence-electron chi connectivity index (χ4n) is 2.22. The summed E-state index contributed by atoms with van der Waals surface area (Å²) in [6.45, 7) is 2.52. The number of nitrogens with zero attached hydrogens (tertiary/aromatic N) is 3. The molecule has 1 saturated heterocycles. The molecule has 0 saturated carbocycles. The van der Waals surface area contributed by atoms with Crippen LogP contribution in [-0.4, -0.2) is 36.0 Å². The molecule has 4 nitrogen and oxygen atoms in total. The van der Waals surface area contributed by atoms with Crippen molar-refractivity contribution in [3.05, 3.63) is 5.82 Å². The Balaban J connectivity index is 1.89. The maximum absolute atomic E-state index is 12.4. The van der Waals surface area contributed by atoms with E-state index in [9.17, 15) is 13.2 Å². The molecule has 1 aromatic heterocycles. The van der Waals surface area contributed by atoms with Gasteiger partial charge in [-0.1, -0.05) is 0 Å². The van der Waals surface area contributed by atoms with Crippen LogP contribution in [0.5, 0.6) is 0 Å². The Kier molecular flexibility index (Phi) is 4.62. The number of aromatic nitrogens is 2. The van der Waals surface area contributed by atoms with Crippen molar-refractivity contribution in [2.45, 2.75) is 25.4 Å². The molecule has 108 valence electrons. The van der Waals surface area contributed by atoms with E-state index < -0.39 is 12.0 Å². The highest BCUT2D eigenvalue weighted by atomic mass is 32.1. The van der Waals surface area contributed by atoms with Gasteiger partial charge >= 0.3 is 6.18 Å². The zero-order valence-corrected chi connectivity index (χ0v) is 11.5. The first-order chi connectivity index (χ1) is 9.00. The van der Waals surface area contributed by atoms with Crippen molar-refractivity contribution in [3.63, 3.8) is 0 Å². The van der Waals surface area contributed by atoms with E-state index in [1.165, 1.54) is 0 Å². The van der Waals surface area contributed by atoms with Gasteiger partial charge in [-0.05, 0) is 38.8 Å². The van der Waals surface area contributed by atoms with Gasteiger partial charge in [-0.15, -0.1) is 0 Å². The lowest BCUT2D eigenvalue weighted by molar-refractivity contribution is -0.144. The molecular formula is C11H17F3N4S. The zero-order valence-electron chi connectivity index (χ0n) is 10.7. The molecule has 0 unspecified atom stereocenters. The highest BCUT2D eigenvalue weighted by Crippen LogP contribution is 2.32. The van der Waals surface area contributed by atoms with Crippen molar-refractivity contribution in [2.24, 2.45) is 5.92 Å². The lowest BCUT2D eigenvalue weighted by Crippen LogP contribution is -2.34. The van der Waals surface area contributed by atoms with Crippen molar-refractivity contribution in [1.29, 1.82) is 0 Å². The molecule has 2 heterocycles. The summed E-state index contributed by atoms with van der Waals surface area (Å²) in [7, 11) is 1.93. The van der Waals surface area contributed by atoms with Gasteiger partial charge in [0.15, 0.2) is 0 Å². The topological polar surface area (TPSA) is 41.0 Å². The van der Waals surface area contributed by atoms with E-state index in [1.54, 1.807) is 0 Å². The van der Waals surface area contributed by atoms with Gasteiger partial charge in [0.1, 0.15) is 0 Å². The monoisotopic (exact) mass is 294 g/mol. The van der Waals surface area contributed by atoms with Crippen LogP contribution in [0, 0.1) is 5.92 Å². The summed E-state index contributed by atoms with van der Waals surface area (Å²) in [6.07, 6.45) is -1.32. The van der Waals surface area contributed by atoms with Crippen LogP contribution < -0.4 is 10.2 Å². The third-order valence-electron chi connectivity index (χ3n) is 3.36. The van der Waals surface area contributed by atoms with Crippen molar-refractivity contribution >= 4 is 16.7 Å². The highest BCUT2D eigenvalue weighted by molar-refractivity contribution is 7.09. The first kappa shape index (κ1) is 14.5. The Hall–Kier alpha value is -0.890. The molecule has 1 N–H and O–H groups in total. The minimum absolute atomic E-state index is 0.388. The molecule has 0 amide bonds. The SMILES string of the molecule is CNCCC1CCN(c2nc(C(F)(F)F)ns2)CC1. The molecule has 1 aliphatic rings. The second-order valence-electron chi connectivity index (χ2n) is 4.72. The lowest BCUT2D eigenvalue weighted by atomic mass is 9.94. The summed E-state index contributed by atoms with van der Waals surface area (Å²) in [5.41, 5.74) is 0. The summed E-state index contributed by atoms with van der Waals surface area (Å²) in [4.78, 5) is 5.49. The van der Waals surface area contributed by atoms with Crippen LogP contribution in [0.15, 0.2) is 0 Å². The zero-order chi connectivity index (χ0) is 13.9. The molecule has 1 fully saturated rings. The molecule has 0 aromatic carbocycles. The molecule has 0 atom stereocenters. The summed E-state index contributed by atoms with van der Waals surface area (Å²) in [5.74, 6) is -0.372. The van der Waals surface area contributed by atoms with Crippen molar-refractivity contribution < 1.29 is 13.2 Å². The molecule has 8 heteroatoms. The second kappa shape index (κ2) is 6.04. The van der Waals surface area contributed by atoms with Gasteiger partial charge in [-0.2, -0.15) is 22.5 Å². The van der Waals surface area contributed by atoms with Crippen molar-refractivity contribution in [2.75, 3.05) is 31.6 Å². The van der Waals surface area contributed by atoms with Crippen LogP contribution in [0.25, 0.3) is 0 Å². The van der Waals surface area contributed by atoms with Crippen LogP contribution in [-0.2, 0) is 6.18 Å². The van der Waals surface area contributed by atoms with Crippen molar-refractivity contribution in [1.82, 2.24) is 14.7 Å². The Labute approximate surface area is 114 Å². The smallest absolute Gasteiger partial charge is 0.347 e. The van der Waals surface area contributed by atoms with E-state index in [1.807, 2.05) is 11.9 Å². The maximum Gasteiger partial charge on any atom is 0.452 e. The number of hydrogen-bond acceptors (Lipinski definition) is 5. The fraction of sp³-hybridized carbons (Fsp3) is 0.818. The normalized spacial score (nSPS) is 18.0. The van der Waals surface area contributed by atoms with Gasteiger partial charge in [0.25, 0.3) is 0 Å². The van der Waals surface area contributed by atoms with Gasteiger partial charge in [-0.3, -0.25) is 0 Å². The third kappa shape index (κ3) is 3.79. The van der Waals surface area contributed by atoms with E-state index >= 15 is 0 Å². The Bertz CT molecular complexity index is 399. The molecule has 1 aromatic rings. The fourth-order valence-corrected chi connectivity index (χ4v) is 2.96. The Morgan fingerprint density at radius 1 is 1.37 bits per heavy atom. The third-order valence-corrected chi connectivity index (χ3v) is 4.13. The number of anilines is 1. The number of alkyl halides is 3. The number of nitrogens with one attached hydrogen (secondary N) is 1. The van der Waals surface area contributed by atoms with Gasteiger partial charge in [0.05, 0.1) is 0 Å². The van der Waals surface area contributed by atoms with Crippen LogP contribution in [0.1, 0.15) is 25.1 Å². The Morgan fingerprint density at radius 2 is 2.05 bits per heavy atom. The first-order valence-corrected chi connectivity index (χ1v) is 7.08. The van der Waals surface area contributed by atoms with E-state index in [-0.39, 0.29) is 0 Å². The van der Waals surface area contributed by atoms with Crippen molar-refractivity contribution in [3.8, 4) is 0 Å². The molecule has 2 rings (SSSR count). The number of rotatable bonds is 4. The number of hydrogen-bond donors (Lipinski definition) is 1. The minimum Gasteiger partial charge on any atom is -0.347 e. The Morgan fingerprint density at radius 3 is 2.58 bits per heavy atom. The predicted molar refractivity (Wildman–Crippen MR) is 68.4 cm³/mol. The first-order valence-electron chi connectivity index (χ1n) is 6.31. The second-order valence-corrected chi connectivity index (χ2v) is 5.45. The molecule has 0 bridgehead atoms. The summed E-state index contributed by atoms with van der Waals surface area (Å²) in [6, 6.07) is 0.